The first-order valence-corrected chi connectivity index (χ1v) is 16.5. The zero-order valence-electron chi connectivity index (χ0n) is 29.4. The lowest BCUT2D eigenvalue weighted by atomic mass is 9.73. The zero-order chi connectivity index (χ0) is 36.1. The topological polar surface area (TPSA) is 85.6 Å². The molecule has 0 saturated heterocycles. The average molecular weight is 664 g/mol. The zero-order valence-corrected chi connectivity index (χ0v) is 29.4. The Balaban J connectivity index is 1.28. The van der Waals surface area contributed by atoms with Crippen molar-refractivity contribution in [2.75, 3.05) is 6.79 Å². The number of carbonyl (C=O) groups is 2. The summed E-state index contributed by atoms with van der Waals surface area (Å²) in [4.78, 5) is 25.0. The number of nitrogens with zero attached hydrogens (tertiary/aromatic N) is 1. The maximum atomic E-state index is 12.8. The third-order valence-corrected chi connectivity index (χ3v) is 8.29. The number of aryl methyl sites for hydroxylation is 1. The quantitative estimate of drug-likeness (QED) is 0.0554. The van der Waals surface area contributed by atoms with Crippen molar-refractivity contribution in [3.05, 3.63) is 136 Å². The Morgan fingerprint density at radius 3 is 1.90 bits per heavy atom. The van der Waals surface area contributed by atoms with Crippen LogP contribution in [-0.4, -0.2) is 18.7 Å². The van der Waals surface area contributed by atoms with Crippen LogP contribution in [0.3, 0.4) is 0 Å². The molecular weight excluding hydrogens is 622 g/mol. The van der Waals surface area contributed by atoms with Gasteiger partial charge in [-0.25, -0.2) is 4.79 Å². The molecule has 252 valence electrons. The summed E-state index contributed by atoms with van der Waals surface area (Å²) in [5, 5.41) is 8.89. The summed E-state index contributed by atoms with van der Waals surface area (Å²) in [6.07, 6.45) is 3.74. The molecule has 0 spiro atoms. The highest BCUT2D eigenvalue weighted by Crippen LogP contribution is 2.35. The lowest BCUT2D eigenvalue weighted by Crippen LogP contribution is -2.37. The molecule has 1 atom stereocenters. The van der Waals surface area contributed by atoms with Crippen molar-refractivity contribution in [3.8, 4) is 41.2 Å². The van der Waals surface area contributed by atoms with Gasteiger partial charge < -0.3 is 14.2 Å². The highest BCUT2D eigenvalue weighted by atomic mass is 16.7. The summed E-state index contributed by atoms with van der Waals surface area (Å²) in [6.45, 7) is 12.1. The first kappa shape index (κ1) is 36.8. The molecule has 0 aliphatic heterocycles. The summed E-state index contributed by atoms with van der Waals surface area (Å²) in [6, 6.07) is 29.2. The second kappa shape index (κ2) is 17.4. The van der Waals surface area contributed by atoms with E-state index in [1.54, 1.807) is 54.6 Å². The van der Waals surface area contributed by atoms with Gasteiger partial charge >= 0.3 is 11.9 Å². The molecule has 0 aliphatic rings. The predicted molar refractivity (Wildman–Crippen MR) is 196 cm³/mol. The van der Waals surface area contributed by atoms with E-state index >= 15 is 0 Å². The van der Waals surface area contributed by atoms with E-state index in [0.717, 1.165) is 39.8 Å². The lowest BCUT2D eigenvalue weighted by molar-refractivity contribution is -0.165. The van der Waals surface area contributed by atoms with Gasteiger partial charge in [0.1, 0.15) is 11.5 Å². The van der Waals surface area contributed by atoms with Crippen LogP contribution >= 0.6 is 0 Å². The van der Waals surface area contributed by atoms with Crippen LogP contribution in [0, 0.1) is 59.2 Å². The lowest BCUT2D eigenvalue weighted by Gasteiger charge is -2.32. The van der Waals surface area contributed by atoms with Gasteiger partial charge in [0.25, 0.3) is 0 Å². The van der Waals surface area contributed by atoms with Gasteiger partial charge in [0.05, 0.1) is 17.0 Å². The van der Waals surface area contributed by atoms with E-state index in [4.69, 9.17) is 19.5 Å². The van der Waals surface area contributed by atoms with Crippen molar-refractivity contribution in [2.24, 2.45) is 17.3 Å². The maximum absolute atomic E-state index is 12.8. The van der Waals surface area contributed by atoms with Gasteiger partial charge in [0.15, 0.2) is 0 Å². The normalized spacial score (nSPS) is 11.8. The standard InChI is InChI=1S/C44H41NO5/c1-31(2)28-44(6,32(3)4)43(47)49-30-48-40-22-15-35(16-23-40)7-10-37-14-21-39(33(5)27-37)20-13-36-17-24-41(25-18-36)50-42(46)26-19-34-8-11-38(29-45)12-9-34/h8-9,11-12,14-19,21-27,31-32H,28,30H2,1-6H3/b26-19+. The van der Waals surface area contributed by atoms with Gasteiger partial charge in [0, 0.05) is 28.3 Å². The van der Waals surface area contributed by atoms with E-state index in [1.807, 2.05) is 70.2 Å². The van der Waals surface area contributed by atoms with Crippen LogP contribution in [0.15, 0.2) is 97.1 Å². The largest absolute Gasteiger partial charge is 0.457 e. The molecular formula is C44H41NO5. The fraction of sp³-hybridized carbons (Fsp3) is 0.250. The molecule has 4 rings (SSSR count). The van der Waals surface area contributed by atoms with Crippen molar-refractivity contribution in [1.29, 1.82) is 5.26 Å². The second-order valence-electron chi connectivity index (χ2n) is 12.9. The second-order valence-corrected chi connectivity index (χ2v) is 12.9. The first-order valence-electron chi connectivity index (χ1n) is 16.5. The van der Waals surface area contributed by atoms with Crippen molar-refractivity contribution >= 4 is 18.0 Å². The minimum absolute atomic E-state index is 0.139. The Morgan fingerprint density at radius 1 is 0.760 bits per heavy atom. The molecule has 0 aliphatic carbocycles. The highest BCUT2D eigenvalue weighted by Gasteiger charge is 2.38. The molecule has 0 heterocycles. The molecule has 0 bridgehead atoms. The fourth-order valence-electron chi connectivity index (χ4n) is 5.11. The van der Waals surface area contributed by atoms with E-state index in [-0.39, 0.29) is 18.7 Å². The number of rotatable bonds is 10. The van der Waals surface area contributed by atoms with Gasteiger partial charge in [-0.2, -0.15) is 5.26 Å². The number of hydrogen-bond acceptors (Lipinski definition) is 6. The van der Waals surface area contributed by atoms with E-state index in [2.05, 4.69) is 43.6 Å². The summed E-state index contributed by atoms with van der Waals surface area (Å²) in [7, 11) is 0. The van der Waals surface area contributed by atoms with E-state index in [9.17, 15) is 9.59 Å². The van der Waals surface area contributed by atoms with Crippen LogP contribution in [0.1, 0.15) is 80.0 Å². The van der Waals surface area contributed by atoms with Crippen molar-refractivity contribution in [2.45, 2.75) is 48.0 Å². The van der Waals surface area contributed by atoms with Crippen molar-refractivity contribution in [3.63, 3.8) is 0 Å². The maximum Gasteiger partial charge on any atom is 0.336 e. The smallest absolute Gasteiger partial charge is 0.336 e. The van der Waals surface area contributed by atoms with Crippen LogP contribution in [0.2, 0.25) is 0 Å². The van der Waals surface area contributed by atoms with Crippen LogP contribution < -0.4 is 9.47 Å². The molecule has 4 aromatic rings. The summed E-state index contributed by atoms with van der Waals surface area (Å²) in [5.41, 5.74) is 5.17. The van der Waals surface area contributed by atoms with Gasteiger partial charge in [-0.1, -0.05) is 63.5 Å². The predicted octanol–water partition coefficient (Wildman–Crippen LogP) is 8.87. The van der Waals surface area contributed by atoms with E-state index in [0.29, 0.717) is 23.0 Å². The Kier molecular flexibility index (Phi) is 12.8. The third kappa shape index (κ3) is 10.7. The van der Waals surface area contributed by atoms with Gasteiger partial charge in [0.2, 0.25) is 6.79 Å². The molecule has 1 unspecified atom stereocenters. The molecule has 0 radical (unpaired) electrons. The molecule has 0 N–H and O–H groups in total. The van der Waals surface area contributed by atoms with Crippen LogP contribution in [0.4, 0.5) is 0 Å². The highest BCUT2D eigenvalue weighted by molar-refractivity contribution is 5.88. The number of benzene rings is 4. The Labute approximate surface area is 295 Å². The van der Waals surface area contributed by atoms with Crippen LogP contribution in [-0.2, 0) is 14.3 Å². The van der Waals surface area contributed by atoms with E-state index < -0.39 is 11.4 Å². The van der Waals surface area contributed by atoms with E-state index in [1.165, 1.54) is 6.08 Å². The third-order valence-electron chi connectivity index (χ3n) is 8.29. The summed E-state index contributed by atoms with van der Waals surface area (Å²) in [5.74, 6) is 13.6. The Morgan fingerprint density at radius 2 is 1.32 bits per heavy atom. The Bertz CT molecular complexity index is 1990. The summed E-state index contributed by atoms with van der Waals surface area (Å²) >= 11 is 0. The van der Waals surface area contributed by atoms with Gasteiger partial charge in [-0.3, -0.25) is 4.79 Å². The van der Waals surface area contributed by atoms with Gasteiger partial charge in [-0.15, -0.1) is 0 Å². The van der Waals surface area contributed by atoms with Crippen molar-refractivity contribution < 1.29 is 23.8 Å². The molecule has 0 saturated carbocycles. The average Bonchev–Trinajstić information content (AvgIpc) is 3.10. The Hall–Kier alpha value is -6.03. The minimum Gasteiger partial charge on any atom is -0.457 e. The number of esters is 2. The van der Waals surface area contributed by atoms with Crippen molar-refractivity contribution in [1.82, 2.24) is 0 Å². The van der Waals surface area contributed by atoms with Crippen LogP contribution in [0.5, 0.6) is 11.5 Å². The molecule has 4 aromatic carbocycles. The number of hydrogen-bond donors (Lipinski definition) is 0. The summed E-state index contributed by atoms with van der Waals surface area (Å²) < 4.78 is 16.5. The minimum atomic E-state index is -0.554. The van der Waals surface area contributed by atoms with Crippen LogP contribution in [0.25, 0.3) is 6.08 Å². The number of ether oxygens (including phenoxy) is 3. The van der Waals surface area contributed by atoms with Gasteiger partial charge in [-0.05, 0) is 128 Å². The first-order chi connectivity index (χ1) is 23.9. The molecule has 6 nitrogen and oxygen atoms in total. The fourth-order valence-corrected chi connectivity index (χ4v) is 5.11. The molecule has 0 aromatic heterocycles. The molecule has 0 amide bonds. The molecule has 50 heavy (non-hydrogen) atoms. The molecule has 6 heteroatoms. The molecule has 0 fully saturated rings. The monoisotopic (exact) mass is 663 g/mol. The number of carbonyl (C=O) groups excluding carboxylic acids is 2. The SMILES string of the molecule is Cc1cc(C#Cc2ccc(OCOC(=O)C(C)(CC(C)C)C(C)C)cc2)ccc1C#Cc1ccc(OC(=O)/C=C/c2ccc(C#N)cc2)cc1. The number of nitriles is 1.